The van der Waals surface area contributed by atoms with E-state index in [1.807, 2.05) is 7.05 Å². The molecule has 1 fully saturated rings. The summed E-state index contributed by atoms with van der Waals surface area (Å²) in [5.41, 5.74) is 3.05. The number of nitrogens with one attached hydrogen (secondary N) is 1. The fourth-order valence-corrected chi connectivity index (χ4v) is 3.25. The van der Waals surface area contributed by atoms with E-state index < -0.39 is 0 Å². The summed E-state index contributed by atoms with van der Waals surface area (Å²) in [6, 6.07) is 0. The molecule has 1 aliphatic carbocycles. The topological polar surface area (TPSA) is 56.2 Å². The zero-order valence-corrected chi connectivity index (χ0v) is 12.2. The molecule has 0 bridgehead atoms. The van der Waals surface area contributed by atoms with Crippen molar-refractivity contribution in [3.63, 3.8) is 0 Å². The molecule has 1 unspecified atom stereocenters. The molecular weight excluding hydrogens is 254 g/mol. The van der Waals surface area contributed by atoms with E-state index in [4.69, 9.17) is 4.74 Å². The van der Waals surface area contributed by atoms with Gasteiger partial charge < -0.3 is 10.1 Å². The number of carbonyl (C=O) groups excluding carboxylic acids is 1. The van der Waals surface area contributed by atoms with Crippen LogP contribution in [0.2, 0.25) is 0 Å². The standard InChI is InChI=1S/C15H23N3O2/c1-18-14(12-4-2-3-5-13(12)17-18)15(19)16-8-6-11-7-9-20-10-11/h11H,2-10H2,1H3,(H,16,19). The van der Waals surface area contributed by atoms with Gasteiger partial charge in [-0.15, -0.1) is 0 Å². The molecule has 0 radical (unpaired) electrons. The van der Waals surface area contributed by atoms with E-state index in [1.54, 1.807) is 4.68 Å². The number of carbonyl (C=O) groups is 1. The van der Waals surface area contributed by atoms with Crippen molar-refractivity contribution in [1.82, 2.24) is 15.1 Å². The molecule has 1 aromatic heterocycles. The van der Waals surface area contributed by atoms with Gasteiger partial charge in [0, 0.05) is 32.4 Å². The van der Waals surface area contributed by atoms with Crippen LogP contribution in [0.4, 0.5) is 0 Å². The molecule has 1 aromatic rings. The van der Waals surface area contributed by atoms with Crippen molar-refractivity contribution in [2.45, 2.75) is 38.5 Å². The molecule has 0 aromatic carbocycles. The highest BCUT2D eigenvalue weighted by Crippen LogP contribution is 2.23. The number of amides is 1. The summed E-state index contributed by atoms with van der Waals surface area (Å²) in [7, 11) is 1.87. The van der Waals surface area contributed by atoms with E-state index in [2.05, 4.69) is 10.4 Å². The number of hydrogen-bond acceptors (Lipinski definition) is 3. The van der Waals surface area contributed by atoms with Crippen LogP contribution in [-0.4, -0.2) is 35.4 Å². The number of hydrogen-bond donors (Lipinski definition) is 1. The highest BCUT2D eigenvalue weighted by molar-refractivity contribution is 5.94. The van der Waals surface area contributed by atoms with Gasteiger partial charge in [-0.3, -0.25) is 9.48 Å². The largest absolute Gasteiger partial charge is 0.381 e. The van der Waals surface area contributed by atoms with E-state index in [-0.39, 0.29) is 5.91 Å². The first-order valence-electron chi connectivity index (χ1n) is 7.66. The first kappa shape index (κ1) is 13.6. The molecule has 1 N–H and O–H groups in total. The first-order chi connectivity index (χ1) is 9.75. The van der Waals surface area contributed by atoms with Crippen LogP contribution in [0, 0.1) is 5.92 Å². The summed E-state index contributed by atoms with van der Waals surface area (Å²) in [5.74, 6) is 0.637. The predicted octanol–water partition coefficient (Wildman–Crippen LogP) is 1.46. The Hall–Kier alpha value is -1.36. The lowest BCUT2D eigenvalue weighted by atomic mass is 9.95. The minimum Gasteiger partial charge on any atom is -0.381 e. The Kier molecular flexibility index (Phi) is 4.05. The van der Waals surface area contributed by atoms with Crippen LogP contribution in [0.3, 0.4) is 0 Å². The van der Waals surface area contributed by atoms with Crippen molar-refractivity contribution in [1.29, 1.82) is 0 Å². The molecule has 20 heavy (non-hydrogen) atoms. The van der Waals surface area contributed by atoms with E-state index in [0.29, 0.717) is 5.92 Å². The summed E-state index contributed by atoms with van der Waals surface area (Å²) >= 11 is 0. The van der Waals surface area contributed by atoms with Crippen LogP contribution in [0.25, 0.3) is 0 Å². The molecule has 2 aliphatic rings. The van der Waals surface area contributed by atoms with E-state index in [0.717, 1.165) is 56.8 Å². The Morgan fingerprint density at radius 2 is 2.30 bits per heavy atom. The Labute approximate surface area is 119 Å². The zero-order valence-electron chi connectivity index (χ0n) is 12.2. The summed E-state index contributed by atoms with van der Waals surface area (Å²) < 4.78 is 7.11. The second-order valence-corrected chi connectivity index (χ2v) is 5.88. The van der Waals surface area contributed by atoms with E-state index in [9.17, 15) is 4.79 Å². The zero-order chi connectivity index (χ0) is 13.9. The summed E-state index contributed by atoms with van der Waals surface area (Å²) in [5, 5.41) is 7.54. The van der Waals surface area contributed by atoms with Crippen LogP contribution in [0.5, 0.6) is 0 Å². The molecule has 1 amide bonds. The molecule has 0 saturated carbocycles. The van der Waals surface area contributed by atoms with Gasteiger partial charge in [-0.1, -0.05) is 0 Å². The molecule has 1 atom stereocenters. The number of fused-ring (bicyclic) bond motifs is 1. The number of aromatic nitrogens is 2. The van der Waals surface area contributed by atoms with Crippen LogP contribution in [-0.2, 0) is 24.6 Å². The second kappa shape index (κ2) is 5.95. The third-order valence-electron chi connectivity index (χ3n) is 4.40. The second-order valence-electron chi connectivity index (χ2n) is 5.88. The Balaban J connectivity index is 1.60. The minimum absolute atomic E-state index is 0.0297. The van der Waals surface area contributed by atoms with Gasteiger partial charge in [-0.05, 0) is 44.4 Å². The SMILES string of the molecule is Cn1nc2c(c1C(=O)NCCC1CCOC1)CCCC2. The number of aryl methyl sites for hydroxylation is 2. The van der Waals surface area contributed by atoms with Gasteiger partial charge >= 0.3 is 0 Å². The van der Waals surface area contributed by atoms with Crippen LogP contribution >= 0.6 is 0 Å². The molecule has 5 nitrogen and oxygen atoms in total. The molecule has 110 valence electrons. The first-order valence-corrected chi connectivity index (χ1v) is 7.66. The van der Waals surface area contributed by atoms with Crippen molar-refractivity contribution in [2.24, 2.45) is 13.0 Å². The van der Waals surface area contributed by atoms with E-state index in [1.165, 1.54) is 18.4 Å². The van der Waals surface area contributed by atoms with Crippen molar-refractivity contribution in [2.75, 3.05) is 19.8 Å². The normalized spacial score (nSPS) is 21.8. The lowest BCUT2D eigenvalue weighted by molar-refractivity contribution is 0.0940. The van der Waals surface area contributed by atoms with Crippen molar-refractivity contribution in [3.05, 3.63) is 17.0 Å². The van der Waals surface area contributed by atoms with Gasteiger partial charge in [0.1, 0.15) is 5.69 Å². The van der Waals surface area contributed by atoms with Crippen molar-refractivity contribution >= 4 is 5.91 Å². The highest BCUT2D eigenvalue weighted by atomic mass is 16.5. The minimum atomic E-state index is 0.0297. The number of rotatable bonds is 4. The highest BCUT2D eigenvalue weighted by Gasteiger charge is 2.24. The monoisotopic (exact) mass is 277 g/mol. The molecule has 0 spiro atoms. The lowest BCUT2D eigenvalue weighted by Gasteiger charge is -2.12. The predicted molar refractivity (Wildman–Crippen MR) is 75.7 cm³/mol. The number of nitrogens with zero attached hydrogens (tertiary/aromatic N) is 2. The summed E-state index contributed by atoms with van der Waals surface area (Å²) in [4.78, 5) is 12.4. The lowest BCUT2D eigenvalue weighted by Crippen LogP contribution is -2.29. The van der Waals surface area contributed by atoms with Crippen LogP contribution in [0.1, 0.15) is 47.4 Å². The fraction of sp³-hybridized carbons (Fsp3) is 0.733. The maximum Gasteiger partial charge on any atom is 0.269 e. The molecule has 1 saturated heterocycles. The molecular formula is C15H23N3O2. The van der Waals surface area contributed by atoms with E-state index >= 15 is 0 Å². The summed E-state index contributed by atoms with van der Waals surface area (Å²) in [6.45, 7) is 2.44. The van der Waals surface area contributed by atoms with Crippen LogP contribution in [0.15, 0.2) is 0 Å². The van der Waals surface area contributed by atoms with Gasteiger partial charge in [-0.25, -0.2) is 0 Å². The van der Waals surface area contributed by atoms with Crippen LogP contribution < -0.4 is 5.32 Å². The fourth-order valence-electron chi connectivity index (χ4n) is 3.25. The molecule has 1 aliphatic heterocycles. The van der Waals surface area contributed by atoms with Crippen molar-refractivity contribution in [3.8, 4) is 0 Å². The Morgan fingerprint density at radius 3 is 3.10 bits per heavy atom. The maximum atomic E-state index is 12.4. The van der Waals surface area contributed by atoms with Gasteiger partial charge in [0.15, 0.2) is 0 Å². The van der Waals surface area contributed by atoms with Gasteiger partial charge in [0.25, 0.3) is 5.91 Å². The maximum absolute atomic E-state index is 12.4. The van der Waals surface area contributed by atoms with Gasteiger partial charge in [0.2, 0.25) is 0 Å². The number of ether oxygens (including phenoxy) is 1. The smallest absolute Gasteiger partial charge is 0.269 e. The quantitative estimate of drug-likeness (QED) is 0.906. The average Bonchev–Trinajstić information content (AvgIpc) is 3.04. The Morgan fingerprint density at radius 1 is 1.45 bits per heavy atom. The Bertz CT molecular complexity index is 490. The summed E-state index contributed by atoms with van der Waals surface area (Å²) in [6.07, 6.45) is 6.48. The third-order valence-corrected chi connectivity index (χ3v) is 4.40. The van der Waals surface area contributed by atoms with Crippen molar-refractivity contribution < 1.29 is 9.53 Å². The van der Waals surface area contributed by atoms with Gasteiger partial charge in [-0.2, -0.15) is 5.10 Å². The molecule has 5 heteroatoms. The molecule has 3 rings (SSSR count). The van der Waals surface area contributed by atoms with Gasteiger partial charge in [0.05, 0.1) is 5.69 Å². The molecule has 2 heterocycles. The third kappa shape index (κ3) is 2.73. The average molecular weight is 277 g/mol.